The van der Waals surface area contributed by atoms with E-state index in [9.17, 15) is 4.79 Å². The fourth-order valence-electron chi connectivity index (χ4n) is 1.92. The summed E-state index contributed by atoms with van der Waals surface area (Å²) in [6.45, 7) is 3.36. The van der Waals surface area contributed by atoms with Gasteiger partial charge in [-0.3, -0.25) is 4.79 Å². The van der Waals surface area contributed by atoms with Gasteiger partial charge in [0.15, 0.2) is 5.76 Å². The van der Waals surface area contributed by atoms with E-state index in [1.165, 1.54) is 0 Å². The topological polar surface area (TPSA) is 67.2 Å². The molecule has 2 heterocycles. The van der Waals surface area contributed by atoms with Crippen molar-refractivity contribution in [2.24, 2.45) is 0 Å². The van der Waals surface area contributed by atoms with Crippen molar-refractivity contribution in [3.63, 3.8) is 0 Å². The van der Waals surface area contributed by atoms with E-state index < -0.39 is 0 Å². The molecule has 1 amide bonds. The number of aryl methyl sites for hydroxylation is 1. The summed E-state index contributed by atoms with van der Waals surface area (Å²) >= 11 is 0. The maximum Gasteiger partial charge on any atom is 0.253 e. The van der Waals surface area contributed by atoms with Gasteiger partial charge >= 0.3 is 0 Å². The smallest absolute Gasteiger partial charge is 0.253 e. The average molecular weight is 346 g/mol. The highest BCUT2D eigenvalue weighted by Gasteiger charge is 2.11. The Kier molecular flexibility index (Phi) is 9.49. The number of rotatable bonds is 6. The van der Waals surface area contributed by atoms with Gasteiger partial charge in [-0.15, -0.1) is 24.8 Å². The summed E-state index contributed by atoms with van der Waals surface area (Å²) in [5.74, 6) is 0.617. The standard InChI is InChI=1S/C15H19N3O2.2ClH/c1-11-12(15(19)17-9-4-8-16-2)6-7-13(18-11)14-5-3-10-20-14;;/h3,5-7,10,16H,4,8-9H2,1-2H3,(H,17,19);2*1H. The van der Waals surface area contributed by atoms with Crippen LogP contribution in [-0.2, 0) is 0 Å². The molecule has 0 atom stereocenters. The fourth-order valence-corrected chi connectivity index (χ4v) is 1.92. The van der Waals surface area contributed by atoms with E-state index in [1.54, 1.807) is 18.4 Å². The van der Waals surface area contributed by atoms with E-state index in [-0.39, 0.29) is 30.7 Å². The zero-order valence-electron chi connectivity index (χ0n) is 12.6. The first-order valence-electron chi connectivity index (χ1n) is 6.66. The monoisotopic (exact) mass is 345 g/mol. The second-order valence-electron chi connectivity index (χ2n) is 4.52. The van der Waals surface area contributed by atoms with Gasteiger partial charge in [0.2, 0.25) is 0 Å². The Balaban J connectivity index is 0.00000220. The molecule has 2 aromatic heterocycles. The summed E-state index contributed by atoms with van der Waals surface area (Å²) in [6, 6.07) is 7.25. The second kappa shape index (κ2) is 10.2. The third-order valence-electron chi connectivity index (χ3n) is 2.99. The minimum atomic E-state index is -0.0860. The molecule has 0 bridgehead atoms. The van der Waals surface area contributed by atoms with Crippen LogP contribution in [0, 0.1) is 6.92 Å². The molecule has 5 nitrogen and oxygen atoms in total. The Hall–Kier alpha value is -1.56. The van der Waals surface area contributed by atoms with Gasteiger partial charge in [0.25, 0.3) is 5.91 Å². The zero-order valence-corrected chi connectivity index (χ0v) is 14.2. The first-order valence-corrected chi connectivity index (χ1v) is 6.66. The molecule has 0 aliphatic heterocycles. The first-order chi connectivity index (χ1) is 9.72. The minimum absolute atomic E-state index is 0. The van der Waals surface area contributed by atoms with E-state index in [0.29, 0.717) is 23.6 Å². The van der Waals surface area contributed by atoms with E-state index in [1.807, 2.05) is 26.1 Å². The van der Waals surface area contributed by atoms with E-state index >= 15 is 0 Å². The van der Waals surface area contributed by atoms with Crippen molar-refractivity contribution in [3.05, 3.63) is 41.8 Å². The Morgan fingerprint density at radius 1 is 1.23 bits per heavy atom. The minimum Gasteiger partial charge on any atom is -0.463 e. The van der Waals surface area contributed by atoms with Gasteiger partial charge in [0, 0.05) is 6.54 Å². The van der Waals surface area contributed by atoms with Crippen LogP contribution in [0.1, 0.15) is 22.5 Å². The summed E-state index contributed by atoms with van der Waals surface area (Å²) in [5, 5.41) is 5.93. The lowest BCUT2D eigenvalue weighted by molar-refractivity contribution is 0.0952. The number of hydrogen-bond donors (Lipinski definition) is 2. The number of nitrogens with one attached hydrogen (secondary N) is 2. The molecule has 2 aromatic rings. The van der Waals surface area contributed by atoms with Crippen LogP contribution in [0.25, 0.3) is 11.5 Å². The number of hydrogen-bond acceptors (Lipinski definition) is 4. The molecule has 0 saturated carbocycles. The molecule has 7 heteroatoms. The summed E-state index contributed by atoms with van der Waals surface area (Å²) in [5.41, 5.74) is 2.04. The lowest BCUT2D eigenvalue weighted by Crippen LogP contribution is -2.27. The van der Waals surface area contributed by atoms with Crippen molar-refractivity contribution >= 4 is 30.7 Å². The van der Waals surface area contributed by atoms with Gasteiger partial charge in [-0.1, -0.05) is 0 Å². The molecule has 0 aliphatic carbocycles. The highest BCUT2D eigenvalue weighted by molar-refractivity contribution is 5.95. The predicted octanol–water partition coefficient (Wildman–Crippen LogP) is 2.83. The van der Waals surface area contributed by atoms with E-state index in [0.717, 1.165) is 18.7 Å². The molecule has 0 radical (unpaired) electrons. The van der Waals surface area contributed by atoms with Gasteiger partial charge < -0.3 is 15.1 Å². The number of halogens is 2. The van der Waals surface area contributed by atoms with Crippen LogP contribution in [0.15, 0.2) is 34.9 Å². The number of pyridine rings is 1. The number of furan rings is 1. The number of nitrogens with zero attached hydrogens (tertiary/aromatic N) is 1. The molecule has 0 saturated heterocycles. The highest BCUT2D eigenvalue weighted by atomic mass is 35.5. The van der Waals surface area contributed by atoms with E-state index in [2.05, 4.69) is 15.6 Å². The van der Waals surface area contributed by atoms with Crippen LogP contribution in [0.3, 0.4) is 0 Å². The second-order valence-corrected chi connectivity index (χ2v) is 4.52. The van der Waals surface area contributed by atoms with Gasteiger partial charge in [0.05, 0.1) is 17.5 Å². The van der Waals surface area contributed by atoms with Crippen LogP contribution in [0.5, 0.6) is 0 Å². The Bertz CT molecular complexity index is 574. The van der Waals surface area contributed by atoms with Crippen molar-refractivity contribution in [2.45, 2.75) is 13.3 Å². The summed E-state index contributed by atoms with van der Waals surface area (Å²) in [6.07, 6.45) is 2.51. The van der Waals surface area contributed by atoms with Crippen molar-refractivity contribution in [3.8, 4) is 11.5 Å². The summed E-state index contributed by atoms with van der Waals surface area (Å²) in [4.78, 5) is 16.4. The van der Waals surface area contributed by atoms with Crippen molar-refractivity contribution in [1.82, 2.24) is 15.6 Å². The molecule has 0 unspecified atom stereocenters. The molecule has 0 aromatic carbocycles. The lowest BCUT2D eigenvalue weighted by atomic mass is 10.1. The summed E-state index contributed by atoms with van der Waals surface area (Å²) in [7, 11) is 1.89. The average Bonchev–Trinajstić information content (AvgIpc) is 2.97. The molecule has 0 spiro atoms. The number of carbonyl (C=O) groups is 1. The fraction of sp³-hybridized carbons (Fsp3) is 0.333. The first kappa shape index (κ1) is 20.4. The maximum absolute atomic E-state index is 12.0. The predicted molar refractivity (Wildman–Crippen MR) is 92.0 cm³/mol. The molecular formula is C15H21Cl2N3O2. The molecule has 2 N–H and O–H groups in total. The Morgan fingerprint density at radius 3 is 2.59 bits per heavy atom. The highest BCUT2D eigenvalue weighted by Crippen LogP contribution is 2.19. The van der Waals surface area contributed by atoms with Crippen molar-refractivity contribution in [1.29, 1.82) is 0 Å². The molecule has 22 heavy (non-hydrogen) atoms. The lowest BCUT2D eigenvalue weighted by Gasteiger charge is -2.08. The third kappa shape index (κ3) is 5.33. The van der Waals surface area contributed by atoms with Gasteiger partial charge in [0.1, 0.15) is 5.69 Å². The van der Waals surface area contributed by atoms with Gasteiger partial charge in [-0.2, -0.15) is 0 Å². The molecule has 0 aliphatic rings. The maximum atomic E-state index is 12.0. The largest absolute Gasteiger partial charge is 0.463 e. The van der Waals surface area contributed by atoms with Gasteiger partial charge in [-0.05, 0) is 51.2 Å². The third-order valence-corrected chi connectivity index (χ3v) is 2.99. The van der Waals surface area contributed by atoms with Gasteiger partial charge in [-0.25, -0.2) is 4.98 Å². The molecule has 2 rings (SSSR count). The summed E-state index contributed by atoms with van der Waals surface area (Å²) < 4.78 is 5.30. The van der Waals surface area contributed by atoms with Crippen LogP contribution in [0.4, 0.5) is 0 Å². The zero-order chi connectivity index (χ0) is 14.4. The van der Waals surface area contributed by atoms with Crippen LogP contribution in [-0.4, -0.2) is 31.0 Å². The van der Waals surface area contributed by atoms with Crippen LogP contribution in [0.2, 0.25) is 0 Å². The molecular weight excluding hydrogens is 325 g/mol. The van der Waals surface area contributed by atoms with E-state index in [4.69, 9.17) is 4.42 Å². The SMILES string of the molecule is CNCCCNC(=O)c1ccc(-c2ccco2)nc1C.Cl.Cl. The van der Waals surface area contributed by atoms with Crippen LogP contribution < -0.4 is 10.6 Å². The number of amides is 1. The Morgan fingerprint density at radius 2 is 2.00 bits per heavy atom. The number of aromatic nitrogens is 1. The number of carbonyl (C=O) groups excluding carboxylic acids is 1. The Labute approximate surface area is 142 Å². The quantitative estimate of drug-likeness (QED) is 0.790. The molecule has 122 valence electrons. The normalized spacial score (nSPS) is 9.55. The molecule has 0 fully saturated rings. The van der Waals surface area contributed by atoms with Crippen molar-refractivity contribution < 1.29 is 9.21 Å². The van der Waals surface area contributed by atoms with Crippen LogP contribution >= 0.6 is 24.8 Å². The van der Waals surface area contributed by atoms with Crippen molar-refractivity contribution in [2.75, 3.05) is 20.1 Å².